The lowest BCUT2D eigenvalue weighted by molar-refractivity contribution is 0.600. The molecule has 2 aromatic rings. The quantitative estimate of drug-likeness (QED) is 0.852. The van der Waals surface area contributed by atoms with E-state index in [1.54, 1.807) is 6.92 Å². The Balaban J connectivity index is 2.34. The van der Waals surface area contributed by atoms with Gasteiger partial charge in [0.1, 0.15) is 5.82 Å². The summed E-state index contributed by atoms with van der Waals surface area (Å²) < 4.78 is 39.5. The number of hydrogen-bond acceptors (Lipinski definition) is 5. The summed E-state index contributed by atoms with van der Waals surface area (Å²) in [5, 5.41) is 0.276. The molecule has 0 amide bonds. The second kappa shape index (κ2) is 4.78. The van der Waals surface area contributed by atoms with Gasteiger partial charge in [-0.3, -0.25) is 4.72 Å². The molecular formula is C11H12FN3O2S2. The lowest BCUT2D eigenvalue weighted by Gasteiger charge is -2.06. The third kappa shape index (κ3) is 2.85. The fourth-order valence-electron chi connectivity index (χ4n) is 1.38. The van der Waals surface area contributed by atoms with E-state index in [0.29, 0.717) is 0 Å². The lowest BCUT2D eigenvalue weighted by Crippen LogP contribution is -2.13. The van der Waals surface area contributed by atoms with Crippen molar-refractivity contribution >= 4 is 32.2 Å². The van der Waals surface area contributed by atoms with E-state index in [-0.39, 0.29) is 15.7 Å². The third-order valence-electron chi connectivity index (χ3n) is 2.53. The number of benzene rings is 1. The second-order valence-corrected chi connectivity index (χ2v) is 6.84. The molecule has 0 bridgehead atoms. The van der Waals surface area contributed by atoms with Gasteiger partial charge in [-0.2, -0.15) is 0 Å². The first-order chi connectivity index (χ1) is 8.79. The second-order valence-electron chi connectivity index (χ2n) is 3.95. The number of anilines is 2. The molecule has 0 spiro atoms. The fraction of sp³-hybridized carbons (Fsp3) is 0.182. The van der Waals surface area contributed by atoms with Gasteiger partial charge in [0.05, 0.1) is 16.3 Å². The molecule has 102 valence electrons. The van der Waals surface area contributed by atoms with Crippen LogP contribution in [0.5, 0.6) is 0 Å². The van der Waals surface area contributed by atoms with E-state index in [1.807, 2.05) is 6.92 Å². The summed E-state index contributed by atoms with van der Waals surface area (Å²) in [4.78, 5) is 4.91. The minimum atomic E-state index is -3.80. The van der Waals surface area contributed by atoms with Crippen molar-refractivity contribution in [3.05, 3.63) is 34.6 Å². The smallest absolute Gasteiger partial charge is 0.263 e. The number of sulfonamides is 1. The van der Waals surface area contributed by atoms with Gasteiger partial charge in [0.2, 0.25) is 0 Å². The molecule has 3 N–H and O–H groups in total. The van der Waals surface area contributed by atoms with Crippen LogP contribution in [0.4, 0.5) is 15.2 Å². The van der Waals surface area contributed by atoms with Gasteiger partial charge in [0.15, 0.2) is 5.13 Å². The average Bonchev–Trinajstić information content (AvgIpc) is 2.60. The number of nitrogens with one attached hydrogen (secondary N) is 1. The van der Waals surface area contributed by atoms with Gasteiger partial charge in [-0.1, -0.05) is 0 Å². The summed E-state index contributed by atoms with van der Waals surface area (Å²) in [5.41, 5.74) is 5.91. The number of hydrogen-bond donors (Lipinski definition) is 2. The lowest BCUT2D eigenvalue weighted by atomic mass is 10.3. The van der Waals surface area contributed by atoms with Crippen molar-refractivity contribution in [2.45, 2.75) is 18.7 Å². The van der Waals surface area contributed by atoms with E-state index >= 15 is 0 Å². The van der Waals surface area contributed by atoms with Crippen LogP contribution in [0.3, 0.4) is 0 Å². The Labute approximate surface area is 114 Å². The van der Waals surface area contributed by atoms with Crippen LogP contribution in [0.15, 0.2) is 23.1 Å². The highest BCUT2D eigenvalue weighted by atomic mass is 32.2. The zero-order chi connectivity index (χ0) is 14.2. The van der Waals surface area contributed by atoms with Crippen molar-refractivity contribution in [2.24, 2.45) is 0 Å². The summed E-state index contributed by atoms with van der Waals surface area (Å²) in [7, 11) is -3.80. The SMILES string of the molecule is Cc1nc(NS(=O)(=O)c2ccc(F)c(N)c2)sc1C. The molecule has 5 nitrogen and oxygen atoms in total. The van der Waals surface area contributed by atoms with Gasteiger partial charge >= 0.3 is 0 Å². The molecular weight excluding hydrogens is 289 g/mol. The molecule has 0 aliphatic rings. The van der Waals surface area contributed by atoms with Crippen LogP contribution in [0, 0.1) is 19.7 Å². The Hall–Kier alpha value is -1.67. The van der Waals surface area contributed by atoms with Crippen LogP contribution in [0.1, 0.15) is 10.6 Å². The number of nitrogen functional groups attached to an aromatic ring is 1. The molecule has 0 aliphatic carbocycles. The molecule has 0 saturated carbocycles. The maximum Gasteiger partial charge on any atom is 0.263 e. The monoisotopic (exact) mass is 301 g/mol. The van der Waals surface area contributed by atoms with Gasteiger partial charge in [-0.25, -0.2) is 17.8 Å². The molecule has 0 aliphatic heterocycles. The Kier molecular flexibility index (Phi) is 3.46. The molecule has 19 heavy (non-hydrogen) atoms. The summed E-state index contributed by atoms with van der Waals surface area (Å²) in [6.07, 6.45) is 0. The molecule has 1 aromatic carbocycles. The van der Waals surface area contributed by atoms with Crippen molar-refractivity contribution in [1.29, 1.82) is 0 Å². The zero-order valence-electron chi connectivity index (χ0n) is 10.3. The van der Waals surface area contributed by atoms with E-state index in [4.69, 9.17) is 5.73 Å². The third-order valence-corrected chi connectivity index (χ3v) is 4.98. The van der Waals surface area contributed by atoms with E-state index in [0.717, 1.165) is 28.8 Å². The molecule has 0 fully saturated rings. The van der Waals surface area contributed by atoms with Crippen LogP contribution < -0.4 is 10.5 Å². The maximum absolute atomic E-state index is 13.0. The molecule has 1 aromatic heterocycles. The minimum absolute atomic E-state index is 0.100. The van der Waals surface area contributed by atoms with Gasteiger partial charge < -0.3 is 5.73 Å². The Morgan fingerprint density at radius 3 is 2.58 bits per heavy atom. The first kappa shape index (κ1) is 13.8. The highest BCUT2D eigenvalue weighted by molar-refractivity contribution is 7.93. The Bertz CT molecular complexity index is 706. The van der Waals surface area contributed by atoms with Crippen LogP contribution in [-0.4, -0.2) is 13.4 Å². The standard InChI is InChI=1S/C11H12FN3O2S2/c1-6-7(2)18-11(14-6)15-19(16,17)8-3-4-9(12)10(13)5-8/h3-5H,13H2,1-2H3,(H,14,15). The van der Waals surface area contributed by atoms with Gasteiger partial charge in [-0.05, 0) is 32.0 Å². The average molecular weight is 301 g/mol. The number of aromatic nitrogens is 1. The summed E-state index contributed by atoms with van der Waals surface area (Å²) in [5.74, 6) is -0.653. The van der Waals surface area contributed by atoms with Crippen molar-refractivity contribution in [2.75, 3.05) is 10.5 Å². The van der Waals surface area contributed by atoms with Crippen molar-refractivity contribution < 1.29 is 12.8 Å². The van der Waals surface area contributed by atoms with E-state index in [1.165, 1.54) is 11.3 Å². The number of thiazole rings is 1. The van der Waals surface area contributed by atoms with Crippen molar-refractivity contribution in [3.63, 3.8) is 0 Å². The molecule has 2 rings (SSSR count). The van der Waals surface area contributed by atoms with Gasteiger partial charge in [0.25, 0.3) is 10.0 Å². The van der Waals surface area contributed by atoms with Crippen LogP contribution in [0.25, 0.3) is 0 Å². The van der Waals surface area contributed by atoms with Crippen molar-refractivity contribution in [1.82, 2.24) is 4.98 Å². The molecule has 0 unspecified atom stereocenters. The summed E-state index contributed by atoms with van der Waals surface area (Å²) in [6, 6.07) is 3.24. The zero-order valence-corrected chi connectivity index (χ0v) is 11.9. The fourth-order valence-corrected chi connectivity index (χ4v) is 3.46. The topological polar surface area (TPSA) is 85.1 Å². The largest absolute Gasteiger partial charge is 0.396 e. The number of nitrogens with two attached hydrogens (primary N) is 1. The molecule has 1 heterocycles. The molecule has 8 heteroatoms. The number of rotatable bonds is 3. The highest BCUT2D eigenvalue weighted by Crippen LogP contribution is 2.25. The summed E-state index contributed by atoms with van der Waals surface area (Å²) in [6.45, 7) is 3.64. The molecule has 0 saturated heterocycles. The first-order valence-corrected chi connectivity index (χ1v) is 7.61. The normalized spacial score (nSPS) is 11.5. The first-order valence-electron chi connectivity index (χ1n) is 5.31. The number of halogens is 1. The van der Waals surface area contributed by atoms with Crippen molar-refractivity contribution in [3.8, 4) is 0 Å². The summed E-state index contributed by atoms with van der Waals surface area (Å²) >= 11 is 1.24. The molecule has 0 radical (unpaired) electrons. The predicted octanol–water partition coefficient (Wildman–Crippen LogP) is 2.28. The Morgan fingerprint density at radius 1 is 1.37 bits per heavy atom. The number of aryl methyl sites for hydroxylation is 2. The maximum atomic E-state index is 13.0. The van der Waals surface area contributed by atoms with E-state index in [2.05, 4.69) is 9.71 Å². The van der Waals surface area contributed by atoms with Crippen LogP contribution in [-0.2, 0) is 10.0 Å². The van der Waals surface area contributed by atoms with Gasteiger partial charge in [0, 0.05) is 4.88 Å². The minimum Gasteiger partial charge on any atom is -0.396 e. The highest BCUT2D eigenvalue weighted by Gasteiger charge is 2.17. The van der Waals surface area contributed by atoms with Crippen LogP contribution in [0.2, 0.25) is 0 Å². The number of nitrogens with zero attached hydrogens (tertiary/aromatic N) is 1. The van der Waals surface area contributed by atoms with Crippen LogP contribution >= 0.6 is 11.3 Å². The molecule has 0 atom stereocenters. The van der Waals surface area contributed by atoms with E-state index in [9.17, 15) is 12.8 Å². The van der Waals surface area contributed by atoms with E-state index < -0.39 is 15.8 Å². The van der Waals surface area contributed by atoms with Gasteiger partial charge in [-0.15, -0.1) is 11.3 Å². The predicted molar refractivity (Wildman–Crippen MR) is 73.2 cm³/mol. The Morgan fingerprint density at radius 2 is 2.05 bits per heavy atom.